The smallest absolute Gasteiger partial charge is 0.253 e. The lowest BCUT2D eigenvalue weighted by Crippen LogP contribution is -2.32. The van der Waals surface area contributed by atoms with E-state index in [4.69, 9.17) is 0 Å². The Balaban J connectivity index is 1.69. The number of rotatable bonds is 5. The highest BCUT2D eigenvalue weighted by molar-refractivity contribution is 8.00. The summed E-state index contributed by atoms with van der Waals surface area (Å²) in [5, 5.41) is 4.55. The monoisotopic (exact) mass is 373 g/mol. The maximum atomic E-state index is 13.3. The second-order valence-corrected chi connectivity index (χ2v) is 7.54. The normalized spacial score (nSPS) is 12.3. The zero-order valence-corrected chi connectivity index (χ0v) is 15.9. The number of halogens is 1. The molecule has 0 bridgehead atoms. The highest BCUT2D eigenvalue weighted by atomic mass is 32.2. The summed E-state index contributed by atoms with van der Waals surface area (Å²) in [6.07, 6.45) is 0. The van der Waals surface area contributed by atoms with Crippen molar-refractivity contribution in [1.29, 1.82) is 0 Å². The number of aromatic nitrogens is 4. The van der Waals surface area contributed by atoms with E-state index in [1.54, 1.807) is 28.6 Å². The van der Waals surface area contributed by atoms with E-state index in [0.717, 1.165) is 17.0 Å². The molecule has 0 spiro atoms. The molecule has 0 saturated carbocycles. The van der Waals surface area contributed by atoms with Crippen molar-refractivity contribution >= 4 is 23.4 Å². The summed E-state index contributed by atoms with van der Waals surface area (Å²) in [5.41, 5.74) is 2.56. The number of benzene rings is 1. The van der Waals surface area contributed by atoms with Gasteiger partial charge in [-0.3, -0.25) is 4.79 Å². The van der Waals surface area contributed by atoms with E-state index < -0.39 is 0 Å². The molecule has 0 saturated heterocycles. The van der Waals surface area contributed by atoms with Crippen LogP contribution in [0.1, 0.15) is 23.9 Å². The van der Waals surface area contributed by atoms with Gasteiger partial charge in [0.15, 0.2) is 0 Å². The van der Waals surface area contributed by atoms with E-state index in [9.17, 15) is 9.18 Å². The Morgan fingerprint density at radius 2 is 2.08 bits per heavy atom. The van der Waals surface area contributed by atoms with Gasteiger partial charge in [-0.15, -0.1) is 5.10 Å². The molecule has 0 fully saturated rings. The quantitative estimate of drug-likeness (QED) is 0.643. The molecule has 0 unspecified atom stereocenters. The molecule has 0 aliphatic carbocycles. The van der Waals surface area contributed by atoms with Gasteiger partial charge in [0.2, 0.25) is 11.1 Å². The van der Waals surface area contributed by atoms with Crippen molar-refractivity contribution in [3.63, 3.8) is 0 Å². The van der Waals surface area contributed by atoms with Gasteiger partial charge in [-0.2, -0.15) is 4.98 Å². The second kappa shape index (κ2) is 7.41. The maximum absolute atomic E-state index is 13.3. The molecule has 0 N–H and O–H groups in total. The van der Waals surface area contributed by atoms with Crippen molar-refractivity contribution in [2.75, 3.05) is 7.05 Å². The number of hydrogen-bond donors (Lipinski definition) is 0. The van der Waals surface area contributed by atoms with Crippen LogP contribution in [0.15, 0.2) is 35.5 Å². The average molecular weight is 373 g/mol. The van der Waals surface area contributed by atoms with Gasteiger partial charge >= 0.3 is 0 Å². The highest BCUT2D eigenvalue weighted by Gasteiger charge is 2.21. The van der Waals surface area contributed by atoms with Crippen molar-refractivity contribution in [3.8, 4) is 0 Å². The van der Waals surface area contributed by atoms with E-state index in [0.29, 0.717) is 17.5 Å². The Morgan fingerprint density at radius 3 is 2.81 bits per heavy atom. The minimum atomic E-state index is -0.368. The predicted octanol–water partition coefficient (Wildman–Crippen LogP) is 3.02. The van der Waals surface area contributed by atoms with Crippen LogP contribution in [-0.2, 0) is 11.3 Å². The van der Waals surface area contributed by atoms with E-state index in [2.05, 4.69) is 15.1 Å². The van der Waals surface area contributed by atoms with Gasteiger partial charge in [-0.05, 0) is 44.5 Å². The van der Waals surface area contributed by atoms with Crippen LogP contribution >= 0.6 is 11.8 Å². The lowest BCUT2D eigenvalue weighted by atomic mass is 10.2. The zero-order valence-electron chi connectivity index (χ0n) is 15.1. The average Bonchev–Trinajstić information content (AvgIpc) is 2.96. The molecule has 3 aromatic rings. The minimum Gasteiger partial charge on any atom is -0.340 e. The number of hydrogen-bond acceptors (Lipinski definition) is 5. The highest BCUT2D eigenvalue weighted by Crippen LogP contribution is 2.22. The maximum Gasteiger partial charge on any atom is 0.253 e. The largest absolute Gasteiger partial charge is 0.340 e. The Bertz CT molecular complexity index is 958. The molecule has 0 radical (unpaired) electrons. The number of carbonyl (C=O) groups excluding carboxylic acids is 1. The van der Waals surface area contributed by atoms with Crippen molar-refractivity contribution < 1.29 is 9.18 Å². The van der Waals surface area contributed by atoms with Gasteiger partial charge in [-0.1, -0.05) is 23.9 Å². The minimum absolute atomic E-state index is 0.0704. The molecule has 3 rings (SSSR count). The van der Waals surface area contributed by atoms with Crippen molar-refractivity contribution in [3.05, 3.63) is 53.1 Å². The number of nitrogens with zero attached hydrogens (tertiary/aromatic N) is 5. The van der Waals surface area contributed by atoms with Crippen molar-refractivity contribution in [2.45, 2.75) is 37.7 Å². The van der Waals surface area contributed by atoms with Crippen LogP contribution in [0.3, 0.4) is 0 Å². The van der Waals surface area contributed by atoms with E-state index in [1.807, 2.05) is 26.8 Å². The van der Waals surface area contributed by atoms with Gasteiger partial charge in [0, 0.05) is 25.0 Å². The molecule has 26 heavy (non-hydrogen) atoms. The fourth-order valence-corrected chi connectivity index (χ4v) is 3.56. The van der Waals surface area contributed by atoms with E-state index in [-0.39, 0.29) is 17.0 Å². The van der Waals surface area contributed by atoms with Crippen LogP contribution < -0.4 is 0 Å². The van der Waals surface area contributed by atoms with Crippen LogP contribution in [0, 0.1) is 19.7 Å². The molecule has 136 valence electrons. The summed E-state index contributed by atoms with van der Waals surface area (Å²) < 4.78 is 15.0. The van der Waals surface area contributed by atoms with Crippen molar-refractivity contribution in [1.82, 2.24) is 24.5 Å². The summed E-state index contributed by atoms with van der Waals surface area (Å²) in [6.45, 7) is 6.00. The summed E-state index contributed by atoms with van der Waals surface area (Å²) in [7, 11) is 1.70. The summed E-state index contributed by atoms with van der Waals surface area (Å²) in [4.78, 5) is 22.9. The topological polar surface area (TPSA) is 63.4 Å². The summed E-state index contributed by atoms with van der Waals surface area (Å²) in [6, 6.07) is 8.18. The fraction of sp³-hybridized carbons (Fsp3) is 0.333. The van der Waals surface area contributed by atoms with E-state index >= 15 is 0 Å². The third-order valence-corrected chi connectivity index (χ3v) is 4.85. The Morgan fingerprint density at radius 1 is 1.31 bits per heavy atom. The van der Waals surface area contributed by atoms with Crippen LogP contribution in [0.4, 0.5) is 4.39 Å². The third-order valence-electron chi connectivity index (χ3n) is 3.91. The Labute approximate surface area is 155 Å². The van der Waals surface area contributed by atoms with Crippen LogP contribution in [0.25, 0.3) is 5.78 Å². The second-order valence-electron chi connectivity index (χ2n) is 6.23. The summed E-state index contributed by atoms with van der Waals surface area (Å²) in [5.74, 6) is 0.148. The van der Waals surface area contributed by atoms with Crippen LogP contribution in [-0.4, -0.2) is 42.7 Å². The molecule has 6 nitrogen and oxygen atoms in total. The lowest BCUT2D eigenvalue weighted by molar-refractivity contribution is -0.129. The predicted molar refractivity (Wildman–Crippen MR) is 98.4 cm³/mol. The molecular formula is C18H20FN5OS. The first kappa shape index (κ1) is 18.3. The molecule has 0 aliphatic heterocycles. The Hall–Kier alpha value is -2.48. The fourth-order valence-electron chi connectivity index (χ4n) is 2.70. The molecule has 2 aromatic heterocycles. The van der Waals surface area contributed by atoms with Gasteiger partial charge in [-0.25, -0.2) is 13.9 Å². The number of thioether (sulfide) groups is 1. The molecular weight excluding hydrogens is 353 g/mol. The SMILES string of the molecule is Cc1cc(C)n2nc(S[C@H](C)C(=O)N(C)Cc3cccc(F)c3)nc2n1. The molecule has 1 atom stereocenters. The number of amides is 1. The summed E-state index contributed by atoms with van der Waals surface area (Å²) >= 11 is 1.29. The standard InChI is InChI=1S/C18H20FN5OS/c1-11-8-12(2)24-17(20-11)21-18(22-24)26-13(3)16(25)23(4)10-14-6-5-7-15(19)9-14/h5-9,13H,10H2,1-4H3/t13-/m1/s1. The molecule has 2 heterocycles. The lowest BCUT2D eigenvalue weighted by Gasteiger charge is -2.20. The van der Waals surface area contributed by atoms with Crippen molar-refractivity contribution in [2.24, 2.45) is 0 Å². The third kappa shape index (κ3) is 4.01. The Kier molecular flexibility index (Phi) is 5.22. The van der Waals surface area contributed by atoms with Gasteiger partial charge in [0.1, 0.15) is 5.82 Å². The molecule has 1 aromatic carbocycles. The van der Waals surface area contributed by atoms with Crippen LogP contribution in [0.5, 0.6) is 0 Å². The first-order valence-corrected chi connectivity index (χ1v) is 9.08. The van der Waals surface area contributed by atoms with Gasteiger partial charge in [0.05, 0.1) is 5.25 Å². The first-order valence-electron chi connectivity index (χ1n) is 8.20. The van der Waals surface area contributed by atoms with Crippen LogP contribution in [0.2, 0.25) is 0 Å². The molecule has 8 heteroatoms. The number of carbonyl (C=O) groups is 1. The zero-order chi connectivity index (χ0) is 18.8. The van der Waals surface area contributed by atoms with Gasteiger partial charge < -0.3 is 4.90 Å². The van der Waals surface area contributed by atoms with Gasteiger partial charge in [0.25, 0.3) is 5.78 Å². The number of aryl methyl sites for hydroxylation is 2. The number of fused-ring (bicyclic) bond motifs is 1. The first-order chi connectivity index (χ1) is 12.3. The molecule has 0 aliphatic rings. The molecule has 1 amide bonds. The van der Waals surface area contributed by atoms with E-state index in [1.165, 1.54) is 23.9 Å².